The first-order valence-corrected chi connectivity index (χ1v) is 9.44. The molecule has 0 unspecified atom stereocenters. The maximum Gasteiger partial charge on any atom is 0.113 e. The lowest BCUT2D eigenvalue weighted by Gasteiger charge is -2.51. The molecule has 0 spiro atoms. The fraction of sp³-hybridized carbons (Fsp3) is 0.714. The van der Waals surface area contributed by atoms with Crippen molar-refractivity contribution in [1.82, 2.24) is 0 Å². The molecule has 1 fully saturated rings. The van der Waals surface area contributed by atoms with Crippen molar-refractivity contribution in [2.45, 2.75) is 57.4 Å². The molecule has 6 nitrogen and oxygen atoms in total. The van der Waals surface area contributed by atoms with E-state index in [9.17, 15) is 5.11 Å². The average molecular weight is 382 g/mol. The quantitative estimate of drug-likeness (QED) is 0.670. The summed E-state index contributed by atoms with van der Waals surface area (Å²) in [7, 11) is 5.01. The highest BCUT2D eigenvalue weighted by molar-refractivity contribution is 5.13. The Labute approximate surface area is 162 Å². The van der Waals surface area contributed by atoms with Crippen molar-refractivity contribution in [3.05, 3.63) is 35.9 Å². The van der Waals surface area contributed by atoms with Crippen molar-refractivity contribution in [2.24, 2.45) is 5.41 Å². The first-order valence-electron chi connectivity index (χ1n) is 9.44. The summed E-state index contributed by atoms with van der Waals surface area (Å²) in [5.41, 5.74) is 0.746. The average Bonchev–Trinajstić information content (AvgIpc) is 2.67. The Morgan fingerprint density at radius 3 is 2.41 bits per heavy atom. The van der Waals surface area contributed by atoms with Crippen molar-refractivity contribution in [3.8, 4) is 0 Å². The Bertz CT molecular complexity index is 535. The Morgan fingerprint density at radius 2 is 1.85 bits per heavy atom. The zero-order chi connectivity index (χ0) is 19.9. The molecule has 1 aliphatic heterocycles. The number of rotatable bonds is 10. The number of methoxy groups -OCH3 is 3. The summed E-state index contributed by atoms with van der Waals surface area (Å²) in [6.07, 6.45) is -0.642. The molecule has 6 heteroatoms. The zero-order valence-electron chi connectivity index (χ0n) is 17.1. The van der Waals surface area contributed by atoms with Crippen molar-refractivity contribution in [3.63, 3.8) is 0 Å². The number of aliphatic hydroxyl groups excluding tert-OH is 1. The first kappa shape index (κ1) is 22.3. The van der Waals surface area contributed by atoms with Gasteiger partial charge in [-0.2, -0.15) is 0 Å². The molecule has 1 N–H and O–H groups in total. The first-order chi connectivity index (χ1) is 13.0. The zero-order valence-corrected chi connectivity index (χ0v) is 17.1. The minimum Gasteiger partial charge on any atom is -0.394 e. The van der Waals surface area contributed by atoms with Crippen LogP contribution in [-0.2, 0) is 30.3 Å². The summed E-state index contributed by atoms with van der Waals surface area (Å²) >= 11 is 0. The molecular formula is C21H34O6. The van der Waals surface area contributed by atoms with Crippen LogP contribution >= 0.6 is 0 Å². The number of benzene rings is 1. The van der Waals surface area contributed by atoms with Gasteiger partial charge in [-0.3, -0.25) is 0 Å². The van der Waals surface area contributed by atoms with Gasteiger partial charge in [-0.25, -0.2) is 0 Å². The molecule has 1 aliphatic rings. The Hall–Kier alpha value is -1.02. The predicted octanol–water partition coefficient (Wildman–Crippen LogP) is 2.42. The van der Waals surface area contributed by atoms with E-state index in [-0.39, 0.29) is 36.4 Å². The van der Waals surface area contributed by atoms with Crippen LogP contribution in [0.5, 0.6) is 0 Å². The van der Waals surface area contributed by atoms with E-state index in [2.05, 4.69) is 13.8 Å². The molecule has 1 saturated heterocycles. The van der Waals surface area contributed by atoms with E-state index in [1.807, 2.05) is 30.3 Å². The normalized spacial score (nSPS) is 28.8. The topological polar surface area (TPSA) is 66.4 Å². The number of hydrogen-bond acceptors (Lipinski definition) is 6. The van der Waals surface area contributed by atoms with Gasteiger partial charge in [-0.05, 0) is 5.56 Å². The van der Waals surface area contributed by atoms with Crippen LogP contribution in [0.25, 0.3) is 0 Å². The maximum absolute atomic E-state index is 9.94. The number of aliphatic hydroxyl groups is 1. The van der Waals surface area contributed by atoms with Crippen LogP contribution in [0.4, 0.5) is 0 Å². The highest BCUT2D eigenvalue weighted by Gasteiger charge is 2.52. The molecule has 5 atom stereocenters. The lowest BCUT2D eigenvalue weighted by Crippen LogP contribution is -2.62. The highest BCUT2D eigenvalue weighted by atomic mass is 16.6. The van der Waals surface area contributed by atoms with Crippen LogP contribution in [0.1, 0.15) is 25.8 Å². The summed E-state index contributed by atoms with van der Waals surface area (Å²) in [6.45, 7) is 5.02. The predicted molar refractivity (Wildman–Crippen MR) is 103 cm³/mol. The van der Waals surface area contributed by atoms with Gasteiger partial charge in [-0.1, -0.05) is 44.2 Å². The fourth-order valence-electron chi connectivity index (χ4n) is 3.83. The van der Waals surface area contributed by atoms with Gasteiger partial charge in [-0.15, -0.1) is 0 Å². The van der Waals surface area contributed by atoms with Gasteiger partial charge in [0.25, 0.3) is 0 Å². The third-order valence-electron chi connectivity index (χ3n) is 5.45. The molecule has 0 bridgehead atoms. The lowest BCUT2D eigenvalue weighted by molar-refractivity contribution is -0.264. The molecule has 1 aromatic rings. The Morgan fingerprint density at radius 1 is 1.15 bits per heavy atom. The third-order valence-corrected chi connectivity index (χ3v) is 5.45. The summed E-state index contributed by atoms with van der Waals surface area (Å²) in [4.78, 5) is 0. The molecule has 1 heterocycles. The minimum absolute atomic E-state index is 0.0853. The third kappa shape index (κ3) is 5.50. The molecule has 154 valence electrons. The second kappa shape index (κ2) is 10.5. The molecule has 0 saturated carbocycles. The molecule has 1 aromatic carbocycles. The standard InChI is InChI=1S/C21H34O6/c1-21(2)18(11-16(24-4)14-23-3)27-17(12-22)19(20(21)25-5)26-13-15-9-7-6-8-10-15/h6-10,16-20,22H,11-14H2,1-5H3/t16-,17-,18-,19+,20-/m1/s1. The monoisotopic (exact) mass is 382 g/mol. The summed E-state index contributed by atoms with van der Waals surface area (Å²) in [6, 6.07) is 9.96. The summed E-state index contributed by atoms with van der Waals surface area (Å²) in [5.74, 6) is 0. The van der Waals surface area contributed by atoms with Crippen molar-refractivity contribution >= 4 is 0 Å². The van der Waals surface area contributed by atoms with Crippen LogP contribution in [0, 0.1) is 5.41 Å². The lowest BCUT2D eigenvalue weighted by atomic mass is 9.73. The highest BCUT2D eigenvalue weighted by Crippen LogP contribution is 2.41. The second-order valence-electron chi connectivity index (χ2n) is 7.63. The number of hydrogen-bond donors (Lipinski definition) is 1. The van der Waals surface area contributed by atoms with Gasteiger partial charge in [0.2, 0.25) is 0 Å². The molecule has 27 heavy (non-hydrogen) atoms. The van der Waals surface area contributed by atoms with Gasteiger partial charge in [0, 0.05) is 33.2 Å². The van der Waals surface area contributed by atoms with E-state index in [1.165, 1.54) is 0 Å². The molecular weight excluding hydrogens is 348 g/mol. The summed E-state index contributed by atoms with van der Waals surface area (Å²) < 4.78 is 29.1. The SMILES string of the molecule is COC[C@@H](C[C@H]1O[C@H](CO)[C@H](OCc2ccccc2)[C@@H](OC)C1(C)C)OC. The number of ether oxygens (including phenoxy) is 5. The van der Waals surface area contributed by atoms with Crippen LogP contribution in [-0.4, -0.2) is 70.2 Å². The van der Waals surface area contributed by atoms with Gasteiger partial charge >= 0.3 is 0 Å². The van der Waals surface area contributed by atoms with Crippen molar-refractivity contribution < 1.29 is 28.8 Å². The minimum atomic E-state index is -0.461. The van der Waals surface area contributed by atoms with Crippen LogP contribution in [0.2, 0.25) is 0 Å². The molecule has 0 radical (unpaired) electrons. The van der Waals surface area contributed by atoms with E-state index in [0.717, 1.165) is 5.56 Å². The Kier molecular flexibility index (Phi) is 8.66. The van der Waals surface area contributed by atoms with E-state index >= 15 is 0 Å². The smallest absolute Gasteiger partial charge is 0.113 e. The van der Waals surface area contributed by atoms with E-state index in [1.54, 1.807) is 21.3 Å². The fourth-order valence-corrected chi connectivity index (χ4v) is 3.83. The maximum atomic E-state index is 9.94. The van der Waals surface area contributed by atoms with Crippen molar-refractivity contribution in [2.75, 3.05) is 34.5 Å². The van der Waals surface area contributed by atoms with E-state index in [4.69, 9.17) is 23.7 Å². The van der Waals surface area contributed by atoms with E-state index in [0.29, 0.717) is 19.6 Å². The van der Waals surface area contributed by atoms with Crippen LogP contribution < -0.4 is 0 Å². The molecule has 0 amide bonds. The molecule has 2 rings (SSSR count). The molecule has 0 aliphatic carbocycles. The largest absolute Gasteiger partial charge is 0.394 e. The van der Waals surface area contributed by atoms with Crippen LogP contribution in [0.3, 0.4) is 0 Å². The van der Waals surface area contributed by atoms with E-state index < -0.39 is 6.10 Å². The second-order valence-corrected chi connectivity index (χ2v) is 7.63. The van der Waals surface area contributed by atoms with Gasteiger partial charge < -0.3 is 28.8 Å². The van der Waals surface area contributed by atoms with Gasteiger partial charge in [0.1, 0.15) is 12.2 Å². The van der Waals surface area contributed by atoms with Gasteiger partial charge in [0.15, 0.2) is 0 Å². The van der Waals surface area contributed by atoms with Gasteiger partial charge in [0.05, 0.1) is 38.1 Å². The Balaban J connectivity index is 2.14. The van der Waals surface area contributed by atoms with Crippen molar-refractivity contribution in [1.29, 1.82) is 0 Å². The summed E-state index contributed by atoms with van der Waals surface area (Å²) in [5, 5.41) is 9.94. The van der Waals surface area contributed by atoms with Crippen LogP contribution in [0.15, 0.2) is 30.3 Å². The molecule has 0 aromatic heterocycles.